The molecule has 0 saturated heterocycles. The van der Waals surface area contributed by atoms with Crippen LogP contribution in [0.15, 0.2) is 30.9 Å². The molecule has 21 heavy (non-hydrogen) atoms. The molecule has 5 heteroatoms. The molecule has 1 N–H and O–H groups in total. The first-order chi connectivity index (χ1) is 10.1. The minimum atomic E-state index is 0.368. The first-order valence-electron chi connectivity index (χ1n) is 7.26. The molecule has 0 fully saturated rings. The van der Waals surface area contributed by atoms with Gasteiger partial charge in [0.2, 0.25) is 0 Å². The lowest BCUT2D eigenvalue weighted by atomic mass is 10.0. The molecular formula is C16H23N5. The standard InChI is InChI=1S/C16H23N5/c1-12(2)14-15(17-3)19-11-20-16(14)21(4)10-7-13-5-8-18-9-6-13/h5-6,8-9,11-12H,7,10H2,1-4H3,(H,17,19,20). The molecule has 0 spiro atoms. The van der Waals surface area contributed by atoms with Crippen molar-refractivity contribution in [3.05, 3.63) is 42.0 Å². The molecule has 2 aromatic heterocycles. The second-order valence-corrected chi connectivity index (χ2v) is 5.39. The van der Waals surface area contributed by atoms with Gasteiger partial charge in [-0.3, -0.25) is 4.98 Å². The van der Waals surface area contributed by atoms with Gasteiger partial charge in [0.25, 0.3) is 0 Å². The van der Waals surface area contributed by atoms with E-state index in [9.17, 15) is 0 Å². The van der Waals surface area contributed by atoms with Gasteiger partial charge in [-0.05, 0) is 30.0 Å². The van der Waals surface area contributed by atoms with Crippen molar-refractivity contribution in [2.75, 3.05) is 30.9 Å². The maximum Gasteiger partial charge on any atom is 0.137 e. The van der Waals surface area contributed by atoms with Crippen LogP contribution in [0.25, 0.3) is 0 Å². The number of hydrogen-bond donors (Lipinski definition) is 1. The van der Waals surface area contributed by atoms with Crippen LogP contribution in [-0.4, -0.2) is 35.6 Å². The van der Waals surface area contributed by atoms with E-state index in [1.807, 2.05) is 19.4 Å². The van der Waals surface area contributed by atoms with E-state index in [1.54, 1.807) is 6.33 Å². The van der Waals surface area contributed by atoms with Gasteiger partial charge < -0.3 is 10.2 Å². The second-order valence-electron chi connectivity index (χ2n) is 5.39. The zero-order chi connectivity index (χ0) is 15.2. The molecule has 5 nitrogen and oxygen atoms in total. The third-order valence-electron chi connectivity index (χ3n) is 3.52. The van der Waals surface area contributed by atoms with Crippen LogP contribution in [-0.2, 0) is 6.42 Å². The summed E-state index contributed by atoms with van der Waals surface area (Å²) < 4.78 is 0. The average Bonchev–Trinajstić information content (AvgIpc) is 2.52. The van der Waals surface area contributed by atoms with E-state index in [4.69, 9.17) is 0 Å². The fraction of sp³-hybridized carbons (Fsp3) is 0.438. The summed E-state index contributed by atoms with van der Waals surface area (Å²) in [6.45, 7) is 5.24. The topological polar surface area (TPSA) is 53.9 Å². The van der Waals surface area contributed by atoms with Crippen molar-refractivity contribution in [3.8, 4) is 0 Å². The maximum atomic E-state index is 4.48. The molecule has 112 valence electrons. The Kier molecular flexibility index (Phi) is 5.09. The molecule has 0 atom stereocenters. The average molecular weight is 285 g/mol. The van der Waals surface area contributed by atoms with Gasteiger partial charge in [0.15, 0.2) is 0 Å². The lowest BCUT2D eigenvalue weighted by Gasteiger charge is -2.24. The fourth-order valence-electron chi connectivity index (χ4n) is 2.37. The Morgan fingerprint density at radius 1 is 1.19 bits per heavy atom. The van der Waals surface area contributed by atoms with E-state index in [0.717, 1.165) is 30.2 Å². The second kappa shape index (κ2) is 7.02. The summed E-state index contributed by atoms with van der Waals surface area (Å²) >= 11 is 0. The summed E-state index contributed by atoms with van der Waals surface area (Å²) in [6, 6.07) is 4.10. The summed E-state index contributed by atoms with van der Waals surface area (Å²) in [6.07, 6.45) is 6.25. The monoisotopic (exact) mass is 285 g/mol. The van der Waals surface area contributed by atoms with Crippen molar-refractivity contribution in [1.82, 2.24) is 15.0 Å². The Labute approximate surface area is 126 Å². The predicted molar refractivity (Wildman–Crippen MR) is 86.9 cm³/mol. The van der Waals surface area contributed by atoms with Gasteiger partial charge in [-0.2, -0.15) is 0 Å². The minimum Gasteiger partial charge on any atom is -0.373 e. The van der Waals surface area contributed by atoms with E-state index in [2.05, 4.69) is 58.2 Å². The molecule has 0 bridgehead atoms. The Bertz CT molecular complexity index is 568. The van der Waals surface area contributed by atoms with Crippen LogP contribution in [0.1, 0.15) is 30.9 Å². The third-order valence-corrected chi connectivity index (χ3v) is 3.52. The van der Waals surface area contributed by atoms with Crippen LogP contribution in [0.3, 0.4) is 0 Å². The summed E-state index contributed by atoms with van der Waals surface area (Å²) in [5, 5.41) is 3.16. The quantitative estimate of drug-likeness (QED) is 0.884. The number of nitrogens with one attached hydrogen (secondary N) is 1. The Morgan fingerprint density at radius 2 is 1.90 bits per heavy atom. The lowest BCUT2D eigenvalue weighted by molar-refractivity contribution is 0.801. The molecular weight excluding hydrogens is 262 g/mol. The van der Waals surface area contributed by atoms with Gasteiger partial charge in [0.05, 0.1) is 0 Å². The molecule has 0 unspecified atom stereocenters. The van der Waals surface area contributed by atoms with Gasteiger partial charge in [-0.15, -0.1) is 0 Å². The van der Waals surface area contributed by atoms with Gasteiger partial charge in [0, 0.05) is 38.6 Å². The Morgan fingerprint density at radius 3 is 2.52 bits per heavy atom. The van der Waals surface area contributed by atoms with Crippen molar-refractivity contribution in [3.63, 3.8) is 0 Å². The first-order valence-corrected chi connectivity index (χ1v) is 7.26. The minimum absolute atomic E-state index is 0.368. The Balaban J connectivity index is 2.17. The Hall–Kier alpha value is -2.17. The van der Waals surface area contributed by atoms with E-state index >= 15 is 0 Å². The highest BCUT2D eigenvalue weighted by Crippen LogP contribution is 2.29. The van der Waals surface area contributed by atoms with Crippen LogP contribution < -0.4 is 10.2 Å². The molecule has 0 aliphatic rings. The number of pyridine rings is 1. The zero-order valence-electron chi connectivity index (χ0n) is 13.2. The van der Waals surface area contributed by atoms with Crippen molar-refractivity contribution < 1.29 is 0 Å². The summed E-state index contributed by atoms with van der Waals surface area (Å²) in [5.74, 6) is 2.27. The van der Waals surface area contributed by atoms with Crippen molar-refractivity contribution in [2.24, 2.45) is 0 Å². The third kappa shape index (κ3) is 3.68. The highest BCUT2D eigenvalue weighted by atomic mass is 15.2. The number of hydrogen-bond acceptors (Lipinski definition) is 5. The van der Waals surface area contributed by atoms with Crippen molar-refractivity contribution >= 4 is 11.6 Å². The fourth-order valence-corrected chi connectivity index (χ4v) is 2.37. The smallest absolute Gasteiger partial charge is 0.137 e. The molecule has 0 aromatic carbocycles. The van der Waals surface area contributed by atoms with Crippen molar-refractivity contribution in [1.29, 1.82) is 0 Å². The molecule has 0 amide bonds. The number of nitrogens with zero attached hydrogens (tertiary/aromatic N) is 4. The van der Waals surface area contributed by atoms with Gasteiger partial charge >= 0.3 is 0 Å². The van der Waals surface area contributed by atoms with Crippen LogP contribution in [0.5, 0.6) is 0 Å². The highest BCUT2D eigenvalue weighted by Gasteiger charge is 2.17. The first kappa shape index (κ1) is 15.2. The lowest BCUT2D eigenvalue weighted by Crippen LogP contribution is -2.24. The van der Waals surface area contributed by atoms with Gasteiger partial charge in [0.1, 0.15) is 18.0 Å². The van der Waals surface area contributed by atoms with Crippen molar-refractivity contribution in [2.45, 2.75) is 26.2 Å². The van der Waals surface area contributed by atoms with Crippen LogP contribution in [0.4, 0.5) is 11.6 Å². The molecule has 2 aromatic rings. The molecule has 2 heterocycles. The van der Waals surface area contributed by atoms with Gasteiger partial charge in [-0.1, -0.05) is 13.8 Å². The molecule has 0 saturated carbocycles. The maximum absolute atomic E-state index is 4.48. The number of aromatic nitrogens is 3. The summed E-state index contributed by atoms with van der Waals surface area (Å²) in [4.78, 5) is 15.0. The molecule has 0 aliphatic heterocycles. The van der Waals surface area contributed by atoms with Crippen LogP contribution >= 0.6 is 0 Å². The largest absolute Gasteiger partial charge is 0.373 e. The van der Waals surface area contributed by atoms with E-state index in [0.29, 0.717) is 5.92 Å². The normalized spacial score (nSPS) is 10.7. The van der Waals surface area contributed by atoms with E-state index in [1.165, 1.54) is 5.56 Å². The van der Waals surface area contributed by atoms with Crippen LogP contribution in [0, 0.1) is 0 Å². The molecule has 0 radical (unpaired) electrons. The van der Waals surface area contributed by atoms with Crippen LogP contribution in [0.2, 0.25) is 0 Å². The summed E-state index contributed by atoms with van der Waals surface area (Å²) in [5.41, 5.74) is 2.45. The highest BCUT2D eigenvalue weighted by molar-refractivity contribution is 5.59. The summed E-state index contributed by atoms with van der Waals surface area (Å²) in [7, 11) is 3.98. The molecule has 2 rings (SSSR count). The predicted octanol–water partition coefficient (Wildman–Crippen LogP) is 2.72. The van der Waals surface area contributed by atoms with E-state index in [-0.39, 0.29) is 0 Å². The number of rotatable bonds is 6. The zero-order valence-corrected chi connectivity index (χ0v) is 13.2. The number of anilines is 2. The molecule has 0 aliphatic carbocycles. The van der Waals surface area contributed by atoms with Gasteiger partial charge in [-0.25, -0.2) is 9.97 Å². The van der Waals surface area contributed by atoms with E-state index < -0.39 is 0 Å². The SMILES string of the molecule is CNc1ncnc(N(C)CCc2ccncc2)c1C(C)C. The number of likely N-dealkylation sites (N-methyl/N-ethyl adjacent to an activating group) is 1.